The maximum absolute atomic E-state index is 12.3. The van der Waals surface area contributed by atoms with Crippen molar-refractivity contribution in [3.05, 3.63) is 50.4 Å². The van der Waals surface area contributed by atoms with E-state index in [2.05, 4.69) is 10.3 Å². The Kier molecular flexibility index (Phi) is 4.69. The first-order valence-corrected chi connectivity index (χ1v) is 7.97. The van der Waals surface area contributed by atoms with Gasteiger partial charge in [-0.3, -0.25) is 4.79 Å². The van der Waals surface area contributed by atoms with E-state index in [1.807, 2.05) is 39.8 Å². The highest BCUT2D eigenvalue weighted by atomic mass is 35.5. The van der Waals surface area contributed by atoms with Gasteiger partial charge in [-0.1, -0.05) is 32.4 Å². The molecule has 0 saturated carbocycles. The van der Waals surface area contributed by atoms with Crippen LogP contribution in [0.15, 0.2) is 24.3 Å². The van der Waals surface area contributed by atoms with Gasteiger partial charge in [0.1, 0.15) is 5.15 Å². The molecule has 21 heavy (non-hydrogen) atoms. The molecule has 0 aliphatic carbocycles. The third kappa shape index (κ3) is 4.29. The average Bonchev–Trinajstić information content (AvgIpc) is 2.80. The fourth-order valence-corrected chi connectivity index (χ4v) is 2.90. The lowest BCUT2D eigenvalue weighted by Gasteiger charge is -2.18. The Labute approximate surface area is 134 Å². The molecule has 2 heterocycles. The standard InChI is InChI=1S/C16H19ClN2OS/c1-10-5-6-12(21-10)9-18-15(20)11-7-13(16(2,3)4)19-14(17)8-11/h5-8H,9H2,1-4H3,(H,18,20). The molecule has 0 atom stereocenters. The minimum absolute atomic E-state index is 0.129. The SMILES string of the molecule is Cc1ccc(CNC(=O)c2cc(Cl)nc(C(C)(C)C)c2)s1. The summed E-state index contributed by atoms with van der Waals surface area (Å²) in [6.07, 6.45) is 0. The number of rotatable bonds is 3. The van der Waals surface area contributed by atoms with Gasteiger partial charge in [0.05, 0.1) is 6.54 Å². The maximum atomic E-state index is 12.3. The summed E-state index contributed by atoms with van der Waals surface area (Å²) in [5.74, 6) is -0.129. The number of nitrogens with zero attached hydrogens (tertiary/aromatic N) is 1. The molecule has 0 aliphatic rings. The van der Waals surface area contributed by atoms with E-state index in [1.165, 1.54) is 4.88 Å². The Balaban J connectivity index is 2.13. The Morgan fingerprint density at radius 2 is 2.05 bits per heavy atom. The summed E-state index contributed by atoms with van der Waals surface area (Å²) in [6.45, 7) is 8.71. The van der Waals surface area contributed by atoms with E-state index in [1.54, 1.807) is 23.5 Å². The van der Waals surface area contributed by atoms with Crippen molar-refractivity contribution in [2.75, 3.05) is 0 Å². The number of hydrogen-bond acceptors (Lipinski definition) is 3. The summed E-state index contributed by atoms with van der Waals surface area (Å²) >= 11 is 7.71. The lowest BCUT2D eigenvalue weighted by molar-refractivity contribution is 0.0951. The fraction of sp³-hybridized carbons (Fsp3) is 0.375. The van der Waals surface area contributed by atoms with E-state index in [0.29, 0.717) is 17.3 Å². The number of thiophene rings is 1. The molecule has 1 N–H and O–H groups in total. The number of halogens is 1. The topological polar surface area (TPSA) is 42.0 Å². The van der Waals surface area contributed by atoms with Gasteiger partial charge in [-0.25, -0.2) is 4.98 Å². The predicted molar refractivity (Wildman–Crippen MR) is 88.2 cm³/mol. The van der Waals surface area contributed by atoms with Crippen molar-refractivity contribution >= 4 is 28.8 Å². The molecule has 0 aromatic carbocycles. The van der Waals surface area contributed by atoms with Crippen LogP contribution < -0.4 is 5.32 Å². The van der Waals surface area contributed by atoms with Crippen LogP contribution in [0, 0.1) is 6.92 Å². The van der Waals surface area contributed by atoms with Gasteiger partial charge >= 0.3 is 0 Å². The number of hydrogen-bond donors (Lipinski definition) is 1. The van der Waals surface area contributed by atoms with Gasteiger partial charge in [-0.05, 0) is 31.2 Å². The molecular weight excluding hydrogens is 304 g/mol. The number of nitrogens with one attached hydrogen (secondary N) is 1. The van der Waals surface area contributed by atoms with Crippen molar-refractivity contribution in [2.24, 2.45) is 0 Å². The first-order chi connectivity index (χ1) is 9.75. The minimum atomic E-state index is -0.148. The molecule has 3 nitrogen and oxygen atoms in total. The Bertz CT molecular complexity index is 659. The molecule has 2 rings (SSSR count). The first kappa shape index (κ1) is 16.0. The second-order valence-corrected chi connectivity index (χ2v) is 7.77. The highest BCUT2D eigenvalue weighted by molar-refractivity contribution is 7.11. The van der Waals surface area contributed by atoms with Crippen LogP contribution in [0.5, 0.6) is 0 Å². The van der Waals surface area contributed by atoms with E-state index in [-0.39, 0.29) is 11.3 Å². The summed E-state index contributed by atoms with van der Waals surface area (Å²) in [5, 5.41) is 3.27. The molecule has 0 unspecified atom stereocenters. The highest BCUT2D eigenvalue weighted by Crippen LogP contribution is 2.23. The molecular formula is C16H19ClN2OS. The molecule has 112 valence electrons. The third-order valence-electron chi connectivity index (χ3n) is 3.04. The fourth-order valence-electron chi connectivity index (χ4n) is 1.86. The van der Waals surface area contributed by atoms with Crippen LogP contribution in [0.4, 0.5) is 0 Å². The van der Waals surface area contributed by atoms with Crippen molar-refractivity contribution in [2.45, 2.75) is 39.7 Å². The molecule has 0 saturated heterocycles. The monoisotopic (exact) mass is 322 g/mol. The van der Waals surface area contributed by atoms with Crippen molar-refractivity contribution in [1.82, 2.24) is 10.3 Å². The molecule has 5 heteroatoms. The normalized spacial score (nSPS) is 11.5. The van der Waals surface area contributed by atoms with E-state index in [4.69, 9.17) is 11.6 Å². The zero-order valence-corrected chi connectivity index (χ0v) is 14.2. The smallest absolute Gasteiger partial charge is 0.251 e. The summed E-state index contributed by atoms with van der Waals surface area (Å²) in [7, 11) is 0. The van der Waals surface area contributed by atoms with E-state index >= 15 is 0 Å². The molecule has 1 amide bonds. The van der Waals surface area contributed by atoms with Crippen LogP contribution in [0.1, 0.15) is 46.6 Å². The van der Waals surface area contributed by atoms with Gasteiger partial charge in [0.25, 0.3) is 5.91 Å². The number of carbonyl (C=O) groups excluding carboxylic acids is 1. The van der Waals surface area contributed by atoms with Gasteiger partial charge < -0.3 is 5.32 Å². The summed E-state index contributed by atoms with van der Waals surface area (Å²) in [6, 6.07) is 7.49. The first-order valence-electron chi connectivity index (χ1n) is 6.77. The second-order valence-electron chi connectivity index (χ2n) is 6.01. The molecule has 0 fully saturated rings. The van der Waals surface area contributed by atoms with Crippen LogP contribution in [0.2, 0.25) is 5.15 Å². The Morgan fingerprint density at radius 3 is 2.62 bits per heavy atom. The molecule has 2 aromatic heterocycles. The molecule has 0 bridgehead atoms. The number of aromatic nitrogens is 1. The lowest BCUT2D eigenvalue weighted by atomic mass is 9.91. The van der Waals surface area contributed by atoms with Gasteiger partial charge in [-0.15, -0.1) is 11.3 Å². The molecule has 0 aliphatic heterocycles. The number of carbonyl (C=O) groups is 1. The van der Waals surface area contributed by atoms with Crippen LogP contribution >= 0.6 is 22.9 Å². The van der Waals surface area contributed by atoms with Crippen molar-refractivity contribution in [3.8, 4) is 0 Å². The average molecular weight is 323 g/mol. The van der Waals surface area contributed by atoms with Gasteiger partial charge in [0, 0.05) is 26.4 Å². The minimum Gasteiger partial charge on any atom is -0.347 e. The Hall–Kier alpha value is -1.39. The van der Waals surface area contributed by atoms with Crippen LogP contribution in [-0.2, 0) is 12.0 Å². The lowest BCUT2D eigenvalue weighted by Crippen LogP contribution is -2.23. The van der Waals surface area contributed by atoms with Gasteiger partial charge in [-0.2, -0.15) is 0 Å². The summed E-state index contributed by atoms with van der Waals surface area (Å²) < 4.78 is 0. The second kappa shape index (κ2) is 6.16. The zero-order valence-electron chi connectivity index (χ0n) is 12.7. The predicted octanol–water partition coefficient (Wildman–Crippen LogP) is 4.33. The van der Waals surface area contributed by atoms with Crippen LogP contribution in [-0.4, -0.2) is 10.9 Å². The van der Waals surface area contributed by atoms with Gasteiger partial charge in [0.15, 0.2) is 0 Å². The largest absolute Gasteiger partial charge is 0.347 e. The zero-order chi connectivity index (χ0) is 15.6. The van der Waals surface area contributed by atoms with Gasteiger partial charge in [0.2, 0.25) is 0 Å². The van der Waals surface area contributed by atoms with Crippen LogP contribution in [0.3, 0.4) is 0 Å². The number of pyridine rings is 1. The highest BCUT2D eigenvalue weighted by Gasteiger charge is 2.18. The van der Waals surface area contributed by atoms with Crippen molar-refractivity contribution in [3.63, 3.8) is 0 Å². The molecule has 0 radical (unpaired) electrons. The molecule has 2 aromatic rings. The van der Waals surface area contributed by atoms with Crippen molar-refractivity contribution in [1.29, 1.82) is 0 Å². The van der Waals surface area contributed by atoms with E-state index < -0.39 is 0 Å². The molecule has 0 spiro atoms. The number of amides is 1. The van der Waals surface area contributed by atoms with E-state index in [0.717, 1.165) is 10.6 Å². The third-order valence-corrected chi connectivity index (χ3v) is 4.24. The number of aryl methyl sites for hydroxylation is 1. The van der Waals surface area contributed by atoms with Crippen LogP contribution in [0.25, 0.3) is 0 Å². The van der Waals surface area contributed by atoms with Crippen molar-refractivity contribution < 1.29 is 4.79 Å². The quantitative estimate of drug-likeness (QED) is 0.854. The summed E-state index contributed by atoms with van der Waals surface area (Å²) in [5.41, 5.74) is 1.21. The van der Waals surface area contributed by atoms with E-state index in [9.17, 15) is 4.79 Å². The summed E-state index contributed by atoms with van der Waals surface area (Å²) in [4.78, 5) is 18.9. The Morgan fingerprint density at radius 1 is 1.33 bits per heavy atom. The maximum Gasteiger partial charge on any atom is 0.251 e.